The Labute approximate surface area is 162 Å². The second-order valence-corrected chi connectivity index (χ2v) is 6.64. The van der Waals surface area contributed by atoms with Crippen molar-refractivity contribution in [2.75, 3.05) is 12.4 Å². The van der Waals surface area contributed by atoms with Gasteiger partial charge in [-0.2, -0.15) is 0 Å². The molecule has 0 radical (unpaired) electrons. The Morgan fingerprint density at radius 3 is 2.75 bits per heavy atom. The Bertz CT molecular complexity index is 1150. The lowest BCUT2D eigenvalue weighted by Crippen LogP contribution is -2.14. The number of hydrogen-bond donors (Lipinski definition) is 1. The van der Waals surface area contributed by atoms with Crippen LogP contribution in [0.3, 0.4) is 0 Å². The number of fused-ring (bicyclic) bond motifs is 1. The molecule has 0 aliphatic carbocycles. The summed E-state index contributed by atoms with van der Waals surface area (Å²) in [5, 5.41) is 2.97. The minimum absolute atomic E-state index is 0.176. The number of imidazole rings is 1. The number of aromatic nitrogens is 3. The zero-order valence-corrected chi connectivity index (χ0v) is 15.9. The van der Waals surface area contributed by atoms with Crippen LogP contribution in [0.4, 0.5) is 5.69 Å². The highest BCUT2D eigenvalue weighted by Gasteiger charge is 2.14. The molecule has 0 aliphatic rings. The molecule has 0 bridgehead atoms. The predicted molar refractivity (Wildman–Crippen MR) is 109 cm³/mol. The highest BCUT2D eigenvalue weighted by Crippen LogP contribution is 2.31. The van der Waals surface area contributed by atoms with Crippen molar-refractivity contribution in [3.63, 3.8) is 0 Å². The Kier molecular flexibility index (Phi) is 4.53. The molecule has 2 aromatic heterocycles. The smallest absolute Gasteiger partial charge is 0.256 e. The fourth-order valence-corrected chi connectivity index (χ4v) is 3.19. The number of nitrogens with one attached hydrogen (secondary N) is 1. The molecule has 0 aliphatic heterocycles. The van der Waals surface area contributed by atoms with Crippen LogP contribution in [0.5, 0.6) is 5.75 Å². The molecule has 0 atom stereocenters. The van der Waals surface area contributed by atoms with E-state index in [4.69, 9.17) is 4.74 Å². The van der Waals surface area contributed by atoms with Crippen LogP contribution in [0, 0.1) is 13.8 Å². The van der Waals surface area contributed by atoms with E-state index >= 15 is 0 Å². The van der Waals surface area contributed by atoms with Gasteiger partial charge in [0.05, 0.1) is 18.5 Å². The van der Waals surface area contributed by atoms with E-state index < -0.39 is 0 Å². The van der Waals surface area contributed by atoms with Crippen molar-refractivity contribution in [2.24, 2.45) is 0 Å². The molecule has 140 valence electrons. The summed E-state index contributed by atoms with van der Waals surface area (Å²) in [6.07, 6.45) is 5.50. The third kappa shape index (κ3) is 3.32. The maximum Gasteiger partial charge on any atom is 0.256 e. The number of methoxy groups -OCH3 is 1. The highest BCUT2D eigenvalue weighted by molar-refractivity contribution is 6.06. The molecule has 0 unspecified atom stereocenters. The molecule has 28 heavy (non-hydrogen) atoms. The van der Waals surface area contributed by atoms with Crippen molar-refractivity contribution in [1.82, 2.24) is 14.4 Å². The summed E-state index contributed by atoms with van der Waals surface area (Å²) in [6.45, 7) is 3.93. The first-order chi connectivity index (χ1) is 13.5. The molecule has 0 fully saturated rings. The molecule has 0 spiro atoms. The third-order valence-electron chi connectivity index (χ3n) is 4.61. The van der Waals surface area contributed by atoms with Gasteiger partial charge in [-0.05, 0) is 49.7 Å². The van der Waals surface area contributed by atoms with Gasteiger partial charge in [0.1, 0.15) is 5.75 Å². The van der Waals surface area contributed by atoms with Crippen molar-refractivity contribution in [3.8, 4) is 17.0 Å². The average Bonchev–Trinajstić information content (AvgIpc) is 3.12. The average molecular weight is 372 g/mol. The minimum atomic E-state index is -0.176. The van der Waals surface area contributed by atoms with Gasteiger partial charge in [-0.1, -0.05) is 17.7 Å². The van der Waals surface area contributed by atoms with Crippen LogP contribution in [0.25, 0.3) is 17.0 Å². The number of ether oxygens (including phenoxy) is 1. The first-order valence-corrected chi connectivity index (χ1v) is 8.92. The molecule has 4 aromatic rings. The van der Waals surface area contributed by atoms with Crippen LogP contribution in [-0.4, -0.2) is 27.4 Å². The van der Waals surface area contributed by atoms with Crippen LogP contribution in [0.15, 0.2) is 61.1 Å². The second-order valence-electron chi connectivity index (χ2n) is 6.64. The Morgan fingerprint density at radius 2 is 2.00 bits per heavy atom. The second kappa shape index (κ2) is 7.15. The number of aryl methyl sites for hydroxylation is 2. The van der Waals surface area contributed by atoms with Crippen LogP contribution in [0.1, 0.15) is 21.5 Å². The Hall–Kier alpha value is -3.67. The summed E-state index contributed by atoms with van der Waals surface area (Å²) in [6, 6.07) is 13.2. The van der Waals surface area contributed by atoms with Crippen molar-refractivity contribution in [2.45, 2.75) is 13.8 Å². The standard InChI is InChI=1S/C22H20N4O2/c1-14-5-7-17(15(2)11-14)21(27)24-18-12-16(6-8-20(18)28-3)19-13-26-10-4-9-23-22(26)25-19/h4-13H,1-3H3,(H,24,27). The van der Waals surface area contributed by atoms with Crippen LogP contribution < -0.4 is 10.1 Å². The van der Waals surface area contributed by atoms with E-state index in [1.807, 2.05) is 73.1 Å². The summed E-state index contributed by atoms with van der Waals surface area (Å²) in [5.41, 5.74) is 4.91. The summed E-state index contributed by atoms with van der Waals surface area (Å²) in [4.78, 5) is 21.6. The van der Waals surface area contributed by atoms with Gasteiger partial charge in [0.25, 0.3) is 5.91 Å². The minimum Gasteiger partial charge on any atom is -0.495 e. The number of benzene rings is 2. The van der Waals surface area contributed by atoms with Gasteiger partial charge in [-0.15, -0.1) is 0 Å². The maximum absolute atomic E-state index is 12.8. The Morgan fingerprint density at radius 1 is 1.14 bits per heavy atom. The normalized spacial score (nSPS) is 10.8. The molecule has 4 rings (SSSR count). The van der Waals surface area contributed by atoms with Gasteiger partial charge >= 0.3 is 0 Å². The molecule has 6 nitrogen and oxygen atoms in total. The van der Waals surface area contributed by atoms with E-state index in [0.29, 0.717) is 22.8 Å². The lowest BCUT2D eigenvalue weighted by Gasteiger charge is -2.13. The molecule has 6 heteroatoms. The van der Waals surface area contributed by atoms with Gasteiger partial charge in [-0.3, -0.25) is 9.20 Å². The predicted octanol–water partition coefficient (Wildman–Crippen LogP) is 4.27. The lowest BCUT2D eigenvalue weighted by molar-refractivity contribution is 0.102. The number of anilines is 1. The van der Waals surface area contributed by atoms with Gasteiger partial charge < -0.3 is 10.1 Å². The van der Waals surface area contributed by atoms with Crippen molar-refractivity contribution >= 4 is 17.4 Å². The highest BCUT2D eigenvalue weighted by atomic mass is 16.5. The molecule has 2 aromatic carbocycles. The number of hydrogen-bond acceptors (Lipinski definition) is 4. The Balaban J connectivity index is 1.69. The lowest BCUT2D eigenvalue weighted by atomic mass is 10.0. The maximum atomic E-state index is 12.8. The molecule has 0 saturated heterocycles. The number of carbonyl (C=O) groups is 1. The molecule has 1 N–H and O–H groups in total. The quantitative estimate of drug-likeness (QED) is 0.581. The van der Waals surface area contributed by atoms with E-state index in [0.717, 1.165) is 22.4 Å². The van der Waals surface area contributed by atoms with Crippen LogP contribution in [0.2, 0.25) is 0 Å². The van der Waals surface area contributed by atoms with Gasteiger partial charge in [0, 0.05) is 29.7 Å². The zero-order valence-electron chi connectivity index (χ0n) is 15.9. The monoisotopic (exact) mass is 372 g/mol. The van der Waals surface area contributed by atoms with E-state index in [1.54, 1.807) is 13.3 Å². The topological polar surface area (TPSA) is 68.5 Å². The zero-order chi connectivity index (χ0) is 19.7. The van der Waals surface area contributed by atoms with Crippen LogP contribution in [-0.2, 0) is 0 Å². The van der Waals surface area contributed by atoms with E-state index in [9.17, 15) is 4.79 Å². The molecule has 1 amide bonds. The van der Waals surface area contributed by atoms with Gasteiger partial charge in [0.2, 0.25) is 5.78 Å². The molecule has 0 saturated carbocycles. The first-order valence-electron chi connectivity index (χ1n) is 8.92. The van der Waals surface area contributed by atoms with Crippen LogP contribution >= 0.6 is 0 Å². The fourth-order valence-electron chi connectivity index (χ4n) is 3.19. The van der Waals surface area contributed by atoms with Crippen molar-refractivity contribution in [3.05, 3.63) is 77.7 Å². The van der Waals surface area contributed by atoms with E-state index in [-0.39, 0.29) is 5.91 Å². The summed E-state index contributed by atoms with van der Waals surface area (Å²) in [5.74, 6) is 1.03. The summed E-state index contributed by atoms with van der Waals surface area (Å²) < 4.78 is 7.28. The summed E-state index contributed by atoms with van der Waals surface area (Å²) >= 11 is 0. The van der Waals surface area contributed by atoms with E-state index in [1.165, 1.54) is 0 Å². The van der Waals surface area contributed by atoms with Crippen molar-refractivity contribution < 1.29 is 9.53 Å². The number of amides is 1. The first kappa shape index (κ1) is 17.7. The molecule has 2 heterocycles. The van der Waals surface area contributed by atoms with Gasteiger partial charge in [-0.25, -0.2) is 9.97 Å². The van der Waals surface area contributed by atoms with E-state index in [2.05, 4.69) is 15.3 Å². The largest absolute Gasteiger partial charge is 0.495 e. The fraction of sp³-hybridized carbons (Fsp3) is 0.136. The number of carbonyl (C=O) groups excluding carboxylic acids is 1. The molecular weight excluding hydrogens is 352 g/mol. The number of nitrogens with zero attached hydrogens (tertiary/aromatic N) is 3. The van der Waals surface area contributed by atoms with Crippen molar-refractivity contribution in [1.29, 1.82) is 0 Å². The number of rotatable bonds is 4. The summed E-state index contributed by atoms with van der Waals surface area (Å²) in [7, 11) is 1.58. The third-order valence-corrected chi connectivity index (χ3v) is 4.61. The SMILES string of the molecule is COc1ccc(-c2cn3cccnc3n2)cc1NC(=O)c1ccc(C)cc1C. The molecular formula is C22H20N4O2. The van der Waals surface area contributed by atoms with Gasteiger partial charge in [0.15, 0.2) is 0 Å².